The van der Waals surface area contributed by atoms with Crippen LogP contribution in [0.4, 0.5) is 0 Å². The molecule has 84 valence electrons. The summed E-state index contributed by atoms with van der Waals surface area (Å²) in [5, 5.41) is 0. The molecule has 14 heavy (non-hydrogen) atoms. The van der Waals surface area contributed by atoms with Crippen LogP contribution in [0.2, 0.25) is 0 Å². The van der Waals surface area contributed by atoms with E-state index in [0.29, 0.717) is 6.42 Å². The van der Waals surface area contributed by atoms with Crippen molar-refractivity contribution < 1.29 is 9.53 Å². The molecule has 3 nitrogen and oxygen atoms in total. The Morgan fingerprint density at radius 2 is 2.07 bits per heavy atom. The number of thioether (sulfide) groups is 1. The molecule has 0 fully saturated rings. The van der Waals surface area contributed by atoms with Gasteiger partial charge in [0.25, 0.3) is 0 Å². The Kier molecular flexibility index (Phi) is 6.20. The Bertz CT molecular complexity index is 175. The van der Waals surface area contributed by atoms with Gasteiger partial charge in [0.2, 0.25) is 0 Å². The number of ether oxygens (including phenoxy) is 1. The van der Waals surface area contributed by atoms with Gasteiger partial charge in [-0.05, 0) is 27.7 Å². The van der Waals surface area contributed by atoms with Crippen molar-refractivity contribution in [1.29, 1.82) is 0 Å². The lowest BCUT2D eigenvalue weighted by Crippen LogP contribution is -2.24. The molecule has 0 bridgehead atoms. The molecule has 0 spiro atoms. The number of esters is 1. The Balaban J connectivity index is 3.46. The van der Waals surface area contributed by atoms with Gasteiger partial charge in [-0.1, -0.05) is 0 Å². The minimum Gasteiger partial charge on any atom is -0.460 e. The predicted octanol–water partition coefficient (Wildman–Crippen LogP) is 1.80. The molecule has 1 unspecified atom stereocenters. The summed E-state index contributed by atoms with van der Waals surface area (Å²) in [5.74, 6) is 1.55. The zero-order valence-corrected chi connectivity index (χ0v) is 10.3. The molecule has 1 atom stereocenters. The Morgan fingerprint density at radius 3 is 2.50 bits per heavy atom. The molecule has 0 heterocycles. The van der Waals surface area contributed by atoms with Crippen LogP contribution in [0, 0.1) is 0 Å². The fraction of sp³-hybridized carbons (Fsp3) is 0.900. The minimum absolute atomic E-state index is 0.130. The van der Waals surface area contributed by atoms with E-state index in [2.05, 4.69) is 0 Å². The van der Waals surface area contributed by atoms with E-state index in [0.717, 1.165) is 11.5 Å². The van der Waals surface area contributed by atoms with Gasteiger partial charge in [-0.25, -0.2) is 0 Å². The topological polar surface area (TPSA) is 52.3 Å². The first-order valence-electron chi connectivity index (χ1n) is 4.86. The summed E-state index contributed by atoms with van der Waals surface area (Å²) in [6.07, 6.45) is 0.467. The highest BCUT2D eigenvalue weighted by molar-refractivity contribution is 7.99. The largest absolute Gasteiger partial charge is 0.460 e. The molecule has 0 aromatic carbocycles. The van der Waals surface area contributed by atoms with Crippen LogP contribution >= 0.6 is 11.8 Å². The highest BCUT2D eigenvalue weighted by Gasteiger charge is 2.15. The van der Waals surface area contributed by atoms with Crippen molar-refractivity contribution in [2.45, 2.75) is 45.8 Å². The van der Waals surface area contributed by atoms with Crippen LogP contribution in [0.25, 0.3) is 0 Å². The van der Waals surface area contributed by atoms with Crippen molar-refractivity contribution in [3.8, 4) is 0 Å². The minimum atomic E-state index is -0.372. The fourth-order valence-corrected chi connectivity index (χ4v) is 1.67. The molecule has 0 aliphatic heterocycles. The fourth-order valence-electron chi connectivity index (χ4n) is 0.817. The maximum Gasteiger partial charge on any atom is 0.307 e. The van der Waals surface area contributed by atoms with Crippen LogP contribution in [-0.2, 0) is 9.53 Å². The lowest BCUT2D eigenvalue weighted by molar-refractivity contribution is -0.154. The SMILES string of the molecule is CC(N)CSCCC(=O)OC(C)(C)C. The van der Waals surface area contributed by atoms with Gasteiger partial charge in [0.05, 0.1) is 6.42 Å². The smallest absolute Gasteiger partial charge is 0.307 e. The normalized spacial score (nSPS) is 13.8. The lowest BCUT2D eigenvalue weighted by Gasteiger charge is -2.19. The Labute approximate surface area is 90.8 Å². The summed E-state index contributed by atoms with van der Waals surface area (Å²) < 4.78 is 5.16. The number of rotatable bonds is 5. The van der Waals surface area contributed by atoms with Gasteiger partial charge in [0.15, 0.2) is 0 Å². The molecular weight excluding hydrogens is 198 g/mol. The van der Waals surface area contributed by atoms with Crippen molar-refractivity contribution in [1.82, 2.24) is 0 Å². The van der Waals surface area contributed by atoms with Crippen LogP contribution in [0.5, 0.6) is 0 Å². The van der Waals surface area contributed by atoms with E-state index in [1.54, 1.807) is 11.8 Å². The van der Waals surface area contributed by atoms with Crippen LogP contribution in [-0.4, -0.2) is 29.1 Å². The van der Waals surface area contributed by atoms with Crippen molar-refractivity contribution in [3.05, 3.63) is 0 Å². The zero-order chi connectivity index (χ0) is 11.2. The number of hydrogen-bond acceptors (Lipinski definition) is 4. The Morgan fingerprint density at radius 1 is 1.50 bits per heavy atom. The lowest BCUT2D eigenvalue weighted by atomic mass is 10.2. The maximum atomic E-state index is 11.2. The van der Waals surface area contributed by atoms with Crippen LogP contribution in [0.1, 0.15) is 34.1 Å². The molecule has 4 heteroatoms. The molecule has 2 N–H and O–H groups in total. The molecule has 0 radical (unpaired) electrons. The van der Waals surface area contributed by atoms with E-state index >= 15 is 0 Å². The molecule has 0 aromatic heterocycles. The third-order valence-electron chi connectivity index (χ3n) is 1.25. The Hall–Kier alpha value is -0.220. The van der Waals surface area contributed by atoms with Crippen molar-refractivity contribution in [2.75, 3.05) is 11.5 Å². The first kappa shape index (κ1) is 13.8. The number of nitrogens with two attached hydrogens (primary N) is 1. The third kappa shape index (κ3) is 9.86. The molecule has 0 aromatic rings. The molecule has 0 rings (SSSR count). The van der Waals surface area contributed by atoms with E-state index in [9.17, 15) is 4.79 Å². The molecule has 0 saturated carbocycles. The average molecular weight is 219 g/mol. The zero-order valence-electron chi connectivity index (χ0n) is 9.50. The van der Waals surface area contributed by atoms with Gasteiger partial charge in [0.1, 0.15) is 5.60 Å². The van der Waals surface area contributed by atoms with Gasteiger partial charge in [0, 0.05) is 17.5 Å². The standard InChI is InChI=1S/C10H21NO2S/c1-8(11)7-14-6-5-9(12)13-10(2,3)4/h8H,5-7,11H2,1-4H3. The summed E-state index contributed by atoms with van der Waals surface area (Å²) in [6, 6.07) is 0.193. The molecule has 0 aliphatic carbocycles. The summed E-state index contributed by atoms with van der Waals surface area (Å²) in [5.41, 5.74) is 5.20. The van der Waals surface area contributed by atoms with Crippen molar-refractivity contribution >= 4 is 17.7 Å². The van der Waals surface area contributed by atoms with E-state index in [-0.39, 0.29) is 17.6 Å². The number of hydrogen-bond donors (Lipinski definition) is 1. The average Bonchev–Trinajstić information content (AvgIpc) is 1.94. The van der Waals surface area contributed by atoms with Crippen LogP contribution in [0.15, 0.2) is 0 Å². The second-order valence-corrected chi connectivity index (χ2v) is 5.54. The first-order valence-corrected chi connectivity index (χ1v) is 6.02. The summed E-state index contributed by atoms with van der Waals surface area (Å²) in [4.78, 5) is 11.2. The van der Waals surface area contributed by atoms with Crippen molar-refractivity contribution in [2.24, 2.45) is 5.73 Å². The number of carbonyl (C=O) groups is 1. The van der Waals surface area contributed by atoms with Gasteiger partial charge in [-0.2, -0.15) is 11.8 Å². The third-order valence-corrected chi connectivity index (χ3v) is 2.51. The van der Waals surface area contributed by atoms with Gasteiger partial charge in [-0.15, -0.1) is 0 Å². The second-order valence-electron chi connectivity index (χ2n) is 4.39. The highest BCUT2D eigenvalue weighted by atomic mass is 32.2. The summed E-state index contributed by atoms with van der Waals surface area (Å²) in [6.45, 7) is 7.58. The van der Waals surface area contributed by atoms with Crippen molar-refractivity contribution in [3.63, 3.8) is 0 Å². The second kappa shape index (κ2) is 6.30. The van der Waals surface area contributed by atoms with Gasteiger partial charge >= 0.3 is 5.97 Å². The summed E-state index contributed by atoms with van der Waals surface area (Å²) in [7, 11) is 0. The predicted molar refractivity (Wildman–Crippen MR) is 61.4 cm³/mol. The van der Waals surface area contributed by atoms with Crippen LogP contribution in [0.3, 0.4) is 0 Å². The molecule has 0 saturated heterocycles. The van der Waals surface area contributed by atoms with E-state index in [4.69, 9.17) is 10.5 Å². The first-order chi connectivity index (χ1) is 6.31. The highest BCUT2D eigenvalue weighted by Crippen LogP contribution is 2.10. The van der Waals surface area contributed by atoms with Gasteiger partial charge < -0.3 is 10.5 Å². The molecular formula is C10H21NO2S. The molecule has 0 amide bonds. The molecule has 0 aliphatic rings. The quantitative estimate of drug-likeness (QED) is 0.566. The van der Waals surface area contributed by atoms with Crippen LogP contribution < -0.4 is 5.73 Å². The summed E-state index contributed by atoms with van der Waals surface area (Å²) >= 11 is 1.69. The maximum absolute atomic E-state index is 11.2. The monoisotopic (exact) mass is 219 g/mol. The number of carbonyl (C=O) groups excluding carboxylic acids is 1. The van der Waals surface area contributed by atoms with E-state index < -0.39 is 0 Å². The van der Waals surface area contributed by atoms with E-state index in [1.165, 1.54) is 0 Å². The van der Waals surface area contributed by atoms with Gasteiger partial charge in [-0.3, -0.25) is 4.79 Å². The van der Waals surface area contributed by atoms with E-state index in [1.807, 2.05) is 27.7 Å².